The molecule has 0 aliphatic heterocycles. The van der Waals surface area contributed by atoms with E-state index in [1.165, 1.54) is 18.3 Å². The normalized spacial score (nSPS) is 11.3. The molecule has 2 heterocycles. The molecule has 0 bridgehead atoms. The first kappa shape index (κ1) is 19.1. The molecule has 1 N–H and O–H groups in total. The van der Waals surface area contributed by atoms with Crippen LogP contribution in [0, 0.1) is 0 Å². The van der Waals surface area contributed by atoms with E-state index >= 15 is 0 Å². The molecule has 3 rings (SSSR count). The van der Waals surface area contributed by atoms with E-state index in [9.17, 15) is 18.0 Å². The van der Waals surface area contributed by atoms with Crippen molar-refractivity contribution in [2.24, 2.45) is 0 Å². The van der Waals surface area contributed by atoms with Crippen molar-refractivity contribution in [1.82, 2.24) is 9.97 Å². The Morgan fingerprint density at radius 3 is 2.41 bits per heavy atom. The number of hydrogen-bond donors (Lipinski definition) is 1. The number of nitrogens with one attached hydrogen (secondary N) is 1. The Bertz CT molecular complexity index is 992. The standard InChI is InChI=1S/C18H10Cl2F3N3O/c19-13-5-4-11(8-12(13)18(21,22)23)26-17(27)15-6-3-10(9-25-15)16-14(20)2-1-7-24-16/h1-9H,(H,26,27). The summed E-state index contributed by atoms with van der Waals surface area (Å²) in [4.78, 5) is 20.4. The first-order chi connectivity index (χ1) is 12.8. The van der Waals surface area contributed by atoms with Crippen LogP contribution in [0.1, 0.15) is 16.1 Å². The highest BCUT2D eigenvalue weighted by Crippen LogP contribution is 2.36. The van der Waals surface area contributed by atoms with Crippen LogP contribution in [0.2, 0.25) is 10.0 Å². The van der Waals surface area contributed by atoms with Gasteiger partial charge >= 0.3 is 6.18 Å². The molecule has 2 aromatic heterocycles. The Morgan fingerprint density at radius 2 is 1.78 bits per heavy atom. The predicted molar refractivity (Wildman–Crippen MR) is 96.9 cm³/mol. The Balaban J connectivity index is 1.80. The lowest BCUT2D eigenvalue weighted by Crippen LogP contribution is -2.14. The van der Waals surface area contributed by atoms with Crippen LogP contribution in [0.3, 0.4) is 0 Å². The van der Waals surface area contributed by atoms with Gasteiger partial charge in [-0.25, -0.2) is 0 Å². The predicted octanol–water partition coefficient (Wildman–Crippen LogP) is 5.72. The second-order valence-corrected chi connectivity index (χ2v) is 6.23. The van der Waals surface area contributed by atoms with Crippen molar-refractivity contribution in [1.29, 1.82) is 0 Å². The zero-order valence-electron chi connectivity index (χ0n) is 13.4. The van der Waals surface area contributed by atoms with Crippen LogP contribution in [0.4, 0.5) is 18.9 Å². The van der Waals surface area contributed by atoms with Gasteiger partial charge in [-0.2, -0.15) is 13.2 Å². The van der Waals surface area contributed by atoms with Gasteiger partial charge in [-0.05, 0) is 42.5 Å². The molecule has 27 heavy (non-hydrogen) atoms. The number of halogens is 5. The minimum Gasteiger partial charge on any atom is -0.321 e. The van der Waals surface area contributed by atoms with Crippen LogP contribution in [0.5, 0.6) is 0 Å². The summed E-state index contributed by atoms with van der Waals surface area (Å²) in [5.41, 5.74) is 0.0499. The van der Waals surface area contributed by atoms with Gasteiger partial charge in [0, 0.05) is 23.6 Å². The Hall–Kier alpha value is -2.64. The molecule has 0 saturated carbocycles. The van der Waals surface area contributed by atoms with Gasteiger partial charge in [0.25, 0.3) is 5.91 Å². The van der Waals surface area contributed by atoms with Crippen molar-refractivity contribution in [3.05, 3.63) is 76.2 Å². The molecule has 0 saturated heterocycles. The maximum Gasteiger partial charge on any atom is 0.417 e. The number of carbonyl (C=O) groups excluding carboxylic acids is 1. The summed E-state index contributed by atoms with van der Waals surface area (Å²) in [6.07, 6.45) is -1.65. The highest BCUT2D eigenvalue weighted by atomic mass is 35.5. The van der Waals surface area contributed by atoms with E-state index in [4.69, 9.17) is 23.2 Å². The maximum atomic E-state index is 12.9. The molecule has 0 unspecified atom stereocenters. The zero-order chi connectivity index (χ0) is 19.6. The fourth-order valence-corrected chi connectivity index (χ4v) is 2.74. The molecular formula is C18H10Cl2F3N3O. The quantitative estimate of drug-likeness (QED) is 0.599. The van der Waals surface area contributed by atoms with Gasteiger partial charge in [0.1, 0.15) is 5.69 Å². The van der Waals surface area contributed by atoms with Gasteiger partial charge in [-0.3, -0.25) is 14.8 Å². The average molecular weight is 412 g/mol. The summed E-state index contributed by atoms with van der Waals surface area (Å²) >= 11 is 11.6. The van der Waals surface area contributed by atoms with Crippen LogP contribution >= 0.6 is 23.2 Å². The highest BCUT2D eigenvalue weighted by Gasteiger charge is 2.33. The minimum atomic E-state index is -4.63. The van der Waals surface area contributed by atoms with E-state index in [2.05, 4.69) is 15.3 Å². The number of amides is 1. The number of anilines is 1. The van der Waals surface area contributed by atoms with Crippen molar-refractivity contribution in [3.8, 4) is 11.3 Å². The summed E-state index contributed by atoms with van der Waals surface area (Å²) < 4.78 is 38.7. The van der Waals surface area contributed by atoms with Crippen molar-refractivity contribution < 1.29 is 18.0 Å². The second-order valence-electron chi connectivity index (χ2n) is 5.41. The summed E-state index contributed by atoms with van der Waals surface area (Å²) in [5, 5.41) is 2.35. The Morgan fingerprint density at radius 1 is 1.00 bits per heavy atom. The van der Waals surface area contributed by atoms with Crippen LogP contribution in [-0.4, -0.2) is 15.9 Å². The van der Waals surface area contributed by atoms with E-state index in [0.717, 1.165) is 12.1 Å². The van der Waals surface area contributed by atoms with Crippen molar-refractivity contribution in [3.63, 3.8) is 0 Å². The number of hydrogen-bond acceptors (Lipinski definition) is 3. The number of aromatic nitrogens is 2. The highest BCUT2D eigenvalue weighted by molar-refractivity contribution is 6.33. The third-order valence-electron chi connectivity index (χ3n) is 3.56. The van der Waals surface area contributed by atoms with E-state index < -0.39 is 22.7 Å². The topological polar surface area (TPSA) is 54.9 Å². The lowest BCUT2D eigenvalue weighted by atomic mass is 10.1. The number of pyridine rings is 2. The summed E-state index contributed by atoms with van der Waals surface area (Å²) in [6, 6.07) is 9.49. The molecule has 1 aromatic carbocycles. The van der Waals surface area contributed by atoms with E-state index in [-0.39, 0.29) is 11.4 Å². The molecule has 1 amide bonds. The fourth-order valence-electron chi connectivity index (χ4n) is 2.28. The van der Waals surface area contributed by atoms with Gasteiger partial charge in [-0.1, -0.05) is 23.2 Å². The lowest BCUT2D eigenvalue weighted by molar-refractivity contribution is -0.137. The van der Waals surface area contributed by atoms with Gasteiger partial charge in [-0.15, -0.1) is 0 Å². The summed E-state index contributed by atoms with van der Waals surface area (Å²) in [6.45, 7) is 0. The summed E-state index contributed by atoms with van der Waals surface area (Å²) in [5.74, 6) is -0.663. The van der Waals surface area contributed by atoms with E-state index in [0.29, 0.717) is 16.3 Å². The molecule has 0 aliphatic rings. The number of nitrogens with zero attached hydrogens (tertiary/aromatic N) is 2. The lowest BCUT2D eigenvalue weighted by Gasteiger charge is -2.11. The monoisotopic (exact) mass is 411 g/mol. The van der Waals surface area contributed by atoms with Crippen molar-refractivity contribution in [2.45, 2.75) is 6.18 Å². The van der Waals surface area contributed by atoms with E-state index in [1.807, 2.05) is 0 Å². The van der Waals surface area contributed by atoms with Crippen LogP contribution in [0.15, 0.2) is 54.9 Å². The minimum absolute atomic E-state index is 0.0225. The first-order valence-corrected chi connectivity index (χ1v) is 8.26. The summed E-state index contributed by atoms with van der Waals surface area (Å²) in [7, 11) is 0. The molecule has 3 aromatic rings. The number of alkyl halides is 3. The van der Waals surface area contributed by atoms with Gasteiger partial charge in [0.05, 0.1) is 21.3 Å². The first-order valence-electron chi connectivity index (χ1n) is 7.51. The largest absolute Gasteiger partial charge is 0.417 e. The average Bonchev–Trinajstić information content (AvgIpc) is 2.63. The van der Waals surface area contributed by atoms with Crippen LogP contribution < -0.4 is 5.32 Å². The third kappa shape index (κ3) is 4.37. The van der Waals surface area contributed by atoms with E-state index in [1.54, 1.807) is 24.4 Å². The maximum absolute atomic E-state index is 12.9. The molecule has 0 radical (unpaired) electrons. The van der Waals surface area contributed by atoms with Crippen molar-refractivity contribution >= 4 is 34.8 Å². The molecule has 4 nitrogen and oxygen atoms in total. The zero-order valence-corrected chi connectivity index (χ0v) is 14.9. The number of carbonyl (C=O) groups is 1. The third-order valence-corrected chi connectivity index (χ3v) is 4.19. The fraction of sp³-hybridized carbons (Fsp3) is 0.0556. The smallest absolute Gasteiger partial charge is 0.321 e. The molecule has 9 heteroatoms. The van der Waals surface area contributed by atoms with Crippen molar-refractivity contribution in [2.75, 3.05) is 5.32 Å². The van der Waals surface area contributed by atoms with Crippen LogP contribution in [-0.2, 0) is 6.18 Å². The molecule has 0 spiro atoms. The Labute approximate surface area is 162 Å². The SMILES string of the molecule is O=C(Nc1ccc(Cl)c(C(F)(F)F)c1)c1ccc(-c2ncccc2Cl)cn1. The second kappa shape index (κ2) is 7.54. The number of benzene rings is 1. The Kier molecular flexibility index (Phi) is 5.34. The van der Waals surface area contributed by atoms with Gasteiger partial charge < -0.3 is 5.32 Å². The molecule has 0 fully saturated rings. The van der Waals surface area contributed by atoms with Crippen LogP contribution in [0.25, 0.3) is 11.3 Å². The molecular weight excluding hydrogens is 402 g/mol. The van der Waals surface area contributed by atoms with Gasteiger partial charge in [0.2, 0.25) is 0 Å². The number of rotatable bonds is 3. The molecule has 0 atom stereocenters. The van der Waals surface area contributed by atoms with Gasteiger partial charge in [0.15, 0.2) is 0 Å². The molecule has 0 aliphatic carbocycles. The molecule has 138 valence electrons.